The van der Waals surface area contributed by atoms with Crippen molar-refractivity contribution in [3.8, 4) is 22.8 Å². The van der Waals surface area contributed by atoms with Crippen LogP contribution in [0.2, 0.25) is 0 Å². The van der Waals surface area contributed by atoms with Crippen molar-refractivity contribution in [2.24, 2.45) is 0 Å². The minimum Gasteiger partial charge on any atom is -0.489 e. The number of ether oxygens (including phenoxy) is 2. The molecular formula is C12H13N3O2. The zero-order valence-corrected chi connectivity index (χ0v) is 9.27. The van der Waals surface area contributed by atoms with Gasteiger partial charge in [0, 0.05) is 29.9 Å². The van der Waals surface area contributed by atoms with E-state index < -0.39 is 0 Å². The van der Waals surface area contributed by atoms with E-state index in [0.717, 1.165) is 23.4 Å². The SMILES string of the molecule is Nc1cc2c(c(-c3ccn[nH]3)c1)OCCCO2. The number of anilines is 1. The molecule has 1 aromatic heterocycles. The van der Waals surface area contributed by atoms with Gasteiger partial charge in [-0.2, -0.15) is 5.10 Å². The van der Waals surface area contributed by atoms with Crippen LogP contribution in [0.15, 0.2) is 24.4 Å². The number of nitrogens with zero attached hydrogens (tertiary/aromatic N) is 1. The molecule has 3 rings (SSSR count). The van der Waals surface area contributed by atoms with Gasteiger partial charge in [0.2, 0.25) is 0 Å². The Balaban J connectivity index is 2.17. The van der Waals surface area contributed by atoms with Crippen LogP contribution in [-0.4, -0.2) is 23.4 Å². The van der Waals surface area contributed by atoms with Gasteiger partial charge in [-0.1, -0.05) is 0 Å². The van der Waals surface area contributed by atoms with E-state index in [2.05, 4.69) is 10.2 Å². The van der Waals surface area contributed by atoms with Crippen molar-refractivity contribution in [2.45, 2.75) is 6.42 Å². The minimum absolute atomic E-state index is 0.651. The topological polar surface area (TPSA) is 73.2 Å². The predicted octanol–water partition coefficient (Wildman–Crippen LogP) is 1.82. The summed E-state index contributed by atoms with van der Waals surface area (Å²) in [7, 11) is 0. The van der Waals surface area contributed by atoms with Crippen LogP contribution in [0.1, 0.15) is 6.42 Å². The zero-order chi connectivity index (χ0) is 11.7. The second-order valence-corrected chi connectivity index (χ2v) is 3.92. The van der Waals surface area contributed by atoms with Crippen LogP contribution in [0.5, 0.6) is 11.5 Å². The smallest absolute Gasteiger partial charge is 0.170 e. The number of benzene rings is 1. The highest BCUT2D eigenvalue weighted by molar-refractivity contribution is 5.75. The summed E-state index contributed by atoms with van der Waals surface area (Å²) in [5.74, 6) is 1.44. The van der Waals surface area contributed by atoms with Crippen molar-refractivity contribution < 1.29 is 9.47 Å². The van der Waals surface area contributed by atoms with E-state index >= 15 is 0 Å². The number of aromatic nitrogens is 2. The first-order valence-electron chi connectivity index (χ1n) is 5.53. The predicted molar refractivity (Wildman–Crippen MR) is 64.0 cm³/mol. The van der Waals surface area contributed by atoms with E-state index in [4.69, 9.17) is 15.2 Å². The van der Waals surface area contributed by atoms with Gasteiger partial charge < -0.3 is 15.2 Å². The number of nitrogen functional groups attached to an aromatic ring is 1. The van der Waals surface area contributed by atoms with E-state index in [1.165, 1.54) is 0 Å². The van der Waals surface area contributed by atoms with E-state index in [1.807, 2.05) is 12.1 Å². The lowest BCUT2D eigenvalue weighted by Crippen LogP contribution is -1.98. The molecular weight excluding hydrogens is 218 g/mol. The Bertz CT molecular complexity index is 523. The largest absolute Gasteiger partial charge is 0.489 e. The summed E-state index contributed by atoms with van der Waals surface area (Å²) in [6.07, 6.45) is 2.57. The van der Waals surface area contributed by atoms with Gasteiger partial charge in [0.25, 0.3) is 0 Å². The highest BCUT2D eigenvalue weighted by Crippen LogP contribution is 2.40. The molecule has 0 fully saturated rings. The zero-order valence-electron chi connectivity index (χ0n) is 9.27. The van der Waals surface area contributed by atoms with Crippen molar-refractivity contribution in [1.82, 2.24) is 10.2 Å². The maximum absolute atomic E-state index is 5.87. The number of hydrogen-bond donors (Lipinski definition) is 2. The molecule has 1 aromatic carbocycles. The van der Waals surface area contributed by atoms with Crippen LogP contribution in [0.4, 0.5) is 5.69 Å². The lowest BCUT2D eigenvalue weighted by molar-refractivity contribution is 0.297. The molecule has 0 saturated heterocycles. The molecule has 2 aromatic rings. The van der Waals surface area contributed by atoms with Crippen LogP contribution in [0, 0.1) is 0 Å². The molecule has 5 heteroatoms. The van der Waals surface area contributed by atoms with E-state index in [9.17, 15) is 0 Å². The maximum atomic E-state index is 5.87. The standard InChI is InChI=1S/C12H13N3O2/c13-8-6-9(10-2-3-14-15-10)12-11(7-8)16-4-1-5-17-12/h2-3,6-7H,1,4-5,13H2,(H,14,15). The molecule has 2 heterocycles. The third kappa shape index (κ3) is 1.80. The van der Waals surface area contributed by atoms with Crippen molar-refractivity contribution >= 4 is 5.69 Å². The lowest BCUT2D eigenvalue weighted by atomic mass is 10.1. The molecule has 0 saturated carbocycles. The Hall–Kier alpha value is -2.17. The van der Waals surface area contributed by atoms with Gasteiger partial charge in [-0.15, -0.1) is 0 Å². The molecule has 0 amide bonds. The highest BCUT2D eigenvalue weighted by Gasteiger charge is 2.17. The molecule has 88 valence electrons. The Morgan fingerprint density at radius 3 is 2.94 bits per heavy atom. The Kier molecular flexibility index (Phi) is 2.36. The van der Waals surface area contributed by atoms with Gasteiger partial charge >= 0.3 is 0 Å². The summed E-state index contributed by atoms with van der Waals surface area (Å²) in [6.45, 7) is 1.30. The van der Waals surface area contributed by atoms with E-state index in [1.54, 1.807) is 12.3 Å². The fourth-order valence-corrected chi connectivity index (χ4v) is 1.90. The highest BCUT2D eigenvalue weighted by atomic mass is 16.5. The second kappa shape index (κ2) is 4.01. The molecule has 17 heavy (non-hydrogen) atoms. The molecule has 1 aliphatic rings. The fraction of sp³-hybridized carbons (Fsp3) is 0.250. The first-order valence-corrected chi connectivity index (χ1v) is 5.53. The number of fused-ring (bicyclic) bond motifs is 1. The first kappa shape index (κ1) is 10.0. The van der Waals surface area contributed by atoms with E-state index in [0.29, 0.717) is 24.7 Å². The summed E-state index contributed by atoms with van der Waals surface area (Å²) in [5.41, 5.74) is 8.28. The molecule has 5 nitrogen and oxygen atoms in total. The summed E-state index contributed by atoms with van der Waals surface area (Å²) in [5, 5.41) is 6.85. The van der Waals surface area contributed by atoms with Gasteiger partial charge in [-0.3, -0.25) is 5.10 Å². The van der Waals surface area contributed by atoms with Gasteiger partial charge in [-0.25, -0.2) is 0 Å². The Morgan fingerprint density at radius 1 is 1.24 bits per heavy atom. The van der Waals surface area contributed by atoms with E-state index in [-0.39, 0.29) is 0 Å². The van der Waals surface area contributed by atoms with Crippen molar-refractivity contribution in [3.63, 3.8) is 0 Å². The van der Waals surface area contributed by atoms with Crippen LogP contribution in [-0.2, 0) is 0 Å². The lowest BCUT2D eigenvalue weighted by Gasteiger charge is -2.12. The second-order valence-electron chi connectivity index (χ2n) is 3.92. The maximum Gasteiger partial charge on any atom is 0.170 e. The average molecular weight is 231 g/mol. The normalized spacial score (nSPS) is 14.4. The van der Waals surface area contributed by atoms with Crippen LogP contribution >= 0.6 is 0 Å². The van der Waals surface area contributed by atoms with Crippen LogP contribution < -0.4 is 15.2 Å². The van der Waals surface area contributed by atoms with Crippen LogP contribution in [0.3, 0.4) is 0 Å². The molecule has 3 N–H and O–H groups in total. The summed E-state index contributed by atoms with van der Waals surface area (Å²) < 4.78 is 11.4. The van der Waals surface area contributed by atoms with Gasteiger partial charge in [0.05, 0.1) is 18.9 Å². The molecule has 0 aliphatic carbocycles. The number of rotatable bonds is 1. The molecule has 0 bridgehead atoms. The quantitative estimate of drug-likeness (QED) is 0.734. The number of hydrogen-bond acceptors (Lipinski definition) is 4. The number of nitrogens with two attached hydrogens (primary N) is 1. The van der Waals surface area contributed by atoms with Gasteiger partial charge in [-0.05, 0) is 12.1 Å². The molecule has 1 aliphatic heterocycles. The Morgan fingerprint density at radius 2 is 2.12 bits per heavy atom. The number of nitrogens with one attached hydrogen (secondary N) is 1. The summed E-state index contributed by atoms with van der Waals surface area (Å²) in [4.78, 5) is 0. The molecule has 0 atom stereocenters. The molecule has 0 unspecified atom stereocenters. The van der Waals surface area contributed by atoms with Gasteiger partial charge in [0.1, 0.15) is 0 Å². The summed E-state index contributed by atoms with van der Waals surface area (Å²) in [6, 6.07) is 5.53. The third-order valence-corrected chi connectivity index (χ3v) is 2.66. The first-order chi connectivity index (χ1) is 8.34. The monoisotopic (exact) mass is 231 g/mol. The van der Waals surface area contributed by atoms with Gasteiger partial charge in [0.15, 0.2) is 11.5 Å². The van der Waals surface area contributed by atoms with Crippen LogP contribution in [0.25, 0.3) is 11.3 Å². The number of aromatic amines is 1. The number of H-pyrrole nitrogens is 1. The van der Waals surface area contributed by atoms with Crippen molar-refractivity contribution in [1.29, 1.82) is 0 Å². The minimum atomic E-state index is 0.651. The molecule has 0 spiro atoms. The summed E-state index contributed by atoms with van der Waals surface area (Å²) >= 11 is 0. The third-order valence-electron chi connectivity index (χ3n) is 2.66. The average Bonchev–Trinajstić information content (AvgIpc) is 2.74. The van der Waals surface area contributed by atoms with Crippen molar-refractivity contribution in [3.05, 3.63) is 24.4 Å². The van der Waals surface area contributed by atoms with Crippen molar-refractivity contribution in [2.75, 3.05) is 18.9 Å². The fourth-order valence-electron chi connectivity index (χ4n) is 1.90. The Labute approximate surface area is 98.5 Å². The molecule has 0 radical (unpaired) electrons.